The maximum Gasteiger partial charge on any atom is 0.255 e. The predicted molar refractivity (Wildman–Crippen MR) is 105 cm³/mol. The van der Waals surface area contributed by atoms with Gasteiger partial charge in [0.05, 0.1) is 11.0 Å². The molecule has 148 valence electrons. The van der Waals surface area contributed by atoms with E-state index in [2.05, 4.69) is 10.0 Å². The van der Waals surface area contributed by atoms with Gasteiger partial charge >= 0.3 is 0 Å². The Morgan fingerprint density at radius 2 is 1.86 bits per heavy atom. The van der Waals surface area contributed by atoms with Crippen LogP contribution in [0.2, 0.25) is 0 Å². The number of benzene rings is 2. The van der Waals surface area contributed by atoms with E-state index in [0.717, 1.165) is 12.8 Å². The quantitative estimate of drug-likeness (QED) is 0.693. The van der Waals surface area contributed by atoms with Gasteiger partial charge < -0.3 is 10.1 Å². The summed E-state index contributed by atoms with van der Waals surface area (Å²) in [6.07, 6.45) is 1.64. The normalized spacial score (nSPS) is 16.7. The van der Waals surface area contributed by atoms with E-state index in [1.54, 1.807) is 30.3 Å². The van der Waals surface area contributed by atoms with E-state index in [0.29, 0.717) is 17.9 Å². The molecule has 3 rings (SSSR count). The van der Waals surface area contributed by atoms with Gasteiger partial charge in [-0.05, 0) is 62.2 Å². The van der Waals surface area contributed by atoms with Crippen molar-refractivity contribution in [2.24, 2.45) is 0 Å². The van der Waals surface area contributed by atoms with Gasteiger partial charge in [-0.2, -0.15) is 0 Å². The number of ketones is 1. The van der Waals surface area contributed by atoms with Gasteiger partial charge in [0.25, 0.3) is 5.91 Å². The second kappa shape index (κ2) is 8.64. The van der Waals surface area contributed by atoms with Gasteiger partial charge in [0.2, 0.25) is 10.0 Å². The van der Waals surface area contributed by atoms with Crippen LogP contribution in [0.15, 0.2) is 53.4 Å². The highest BCUT2D eigenvalue weighted by atomic mass is 32.2. The van der Waals surface area contributed by atoms with Crippen molar-refractivity contribution in [1.29, 1.82) is 0 Å². The van der Waals surface area contributed by atoms with Crippen LogP contribution >= 0.6 is 0 Å². The van der Waals surface area contributed by atoms with Crippen molar-refractivity contribution in [3.05, 3.63) is 59.7 Å². The Morgan fingerprint density at radius 1 is 1.11 bits per heavy atom. The summed E-state index contributed by atoms with van der Waals surface area (Å²) in [4.78, 5) is 23.8. The summed E-state index contributed by atoms with van der Waals surface area (Å²) < 4.78 is 32.9. The van der Waals surface area contributed by atoms with E-state index in [-0.39, 0.29) is 28.9 Å². The molecule has 1 unspecified atom stereocenters. The summed E-state index contributed by atoms with van der Waals surface area (Å²) in [7, 11) is -3.74. The molecule has 0 radical (unpaired) electrons. The van der Waals surface area contributed by atoms with Gasteiger partial charge in [-0.25, -0.2) is 13.1 Å². The molecule has 1 saturated heterocycles. The number of anilines is 1. The molecule has 0 aliphatic carbocycles. The monoisotopic (exact) mass is 402 g/mol. The zero-order chi connectivity index (χ0) is 20.1. The summed E-state index contributed by atoms with van der Waals surface area (Å²) in [5.74, 6) is -0.502. The molecule has 7 nitrogen and oxygen atoms in total. The fraction of sp³-hybridized carbons (Fsp3) is 0.300. The smallest absolute Gasteiger partial charge is 0.255 e. The van der Waals surface area contributed by atoms with Crippen LogP contribution < -0.4 is 10.0 Å². The average Bonchev–Trinajstić information content (AvgIpc) is 3.21. The highest BCUT2D eigenvalue weighted by Crippen LogP contribution is 2.16. The Kier molecular flexibility index (Phi) is 6.23. The minimum Gasteiger partial charge on any atom is -0.377 e. The van der Waals surface area contributed by atoms with Crippen molar-refractivity contribution in [3.63, 3.8) is 0 Å². The standard InChI is InChI=1S/C20H22N2O5S/c1-14(23)15-7-9-17(10-8-15)22-20(24)16-4-2-6-19(12-16)28(25,26)21-13-18-5-3-11-27-18/h2,4,6-10,12,18,21H,3,5,11,13H2,1H3,(H,22,24). The molecule has 8 heteroatoms. The van der Waals surface area contributed by atoms with Gasteiger partial charge in [-0.3, -0.25) is 9.59 Å². The Hall–Kier alpha value is -2.55. The second-order valence-electron chi connectivity index (χ2n) is 6.60. The van der Waals surface area contributed by atoms with Crippen LogP contribution in [0.3, 0.4) is 0 Å². The molecule has 0 aromatic heterocycles. The van der Waals surface area contributed by atoms with E-state index in [9.17, 15) is 18.0 Å². The number of rotatable bonds is 7. The molecular formula is C20H22N2O5S. The van der Waals surface area contributed by atoms with Crippen molar-refractivity contribution in [3.8, 4) is 0 Å². The van der Waals surface area contributed by atoms with Gasteiger partial charge in [0, 0.05) is 30.0 Å². The van der Waals surface area contributed by atoms with Crippen molar-refractivity contribution < 1.29 is 22.7 Å². The molecule has 1 aliphatic heterocycles. The van der Waals surface area contributed by atoms with Gasteiger partial charge in [0.15, 0.2) is 5.78 Å². The Labute approximate surface area is 164 Å². The highest BCUT2D eigenvalue weighted by molar-refractivity contribution is 7.89. The predicted octanol–water partition coefficient (Wildman–Crippen LogP) is 2.60. The summed E-state index contributed by atoms with van der Waals surface area (Å²) in [5, 5.41) is 2.69. The lowest BCUT2D eigenvalue weighted by Gasteiger charge is -2.12. The van der Waals surface area contributed by atoms with E-state index in [4.69, 9.17) is 4.74 Å². The molecule has 0 bridgehead atoms. The van der Waals surface area contributed by atoms with Crippen LogP contribution in [0.25, 0.3) is 0 Å². The third-order valence-corrected chi connectivity index (χ3v) is 5.90. The van der Waals surface area contributed by atoms with Crippen molar-refractivity contribution >= 4 is 27.4 Å². The Morgan fingerprint density at radius 3 is 2.50 bits per heavy atom. The zero-order valence-corrected chi connectivity index (χ0v) is 16.3. The number of carbonyl (C=O) groups excluding carboxylic acids is 2. The Balaban J connectivity index is 1.69. The minimum atomic E-state index is -3.74. The van der Waals surface area contributed by atoms with Gasteiger partial charge in [-0.15, -0.1) is 0 Å². The van der Waals surface area contributed by atoms with Crippen LogP contribution in [0, 0.1) is 0 Å². The molecule has 1 amide bonds. The molecule has 2 N–H and O–H groups in total. The topological polar surface area (TPSA) is 102 Å². The minimum absolute atomic E-state index is 0.0186. The van der Waals surface area contributed by atoms with Gasteiger partial charge in [-0.1, -0.05) is 6.07 Å². The van der Waals surface area contributed by atoms with Crippen LogP contribution in [-0.4, -0.2) is 39.4 Å². The summed E-state index contributed by atoms with van der Waals surface area (Å²) in [6.45, 7) is 2.32. The van der Waals surface area contributed by atoms with E-state index < -0.39 is 15.9 Å². The lowest BCUT2D eigenvalue weighted by Crippen LogP contribution is -2.32. The van der Waals surface area contributed by atoms with Gasteiger partial charge in [0.1, 0.15) is 0 Å². The second-order valence-corrected chi connectivity index (χ2v) is 8.37. The third-order valence-electron chi connectivity index (χ3n) is 4.48. The number of Topliss-reactive ketones (excluding diaryl/α,β-unsaturated/α-hetero) is 1. The number of hydrogen-bond acceptors (Lipinski definition) is 5. The molecule has 0 spiro atoms. The van der Waals surface area contributed by atoms with Crippen LogP contribution in [-0.2, 0) is 14.8 Å². The first-order valence-corrected chi connectivity index (χ1v) is 10.5. The molecular weight excluding hydrogens is 380 g/mol. The number of hydrogen-bond donors (Lipinski definition) is 2. The molecule has 1 fully saturated rings. The number of ether oxygens (including phenoxy) is 1. The molecule has 1 heterocycles. The first kappa shape index (κ1) is 20.2. The van der Waals surface area contributed by atoms with Crippen molar-refractivity contribution in [2.75, 3.05) is 18.5 Å². The van der Waals surface area contributed by atoms with Crippen LogP contribution in [0.5, 0.6) is 0 Å². The van der Waals surface area contributed by atoms with Crippen molar-refractivity contribution in [1.82, 2.24) is 4.72 Å². The maximum absolute atomic E-state index is 12.5. The maximum atomic E-state index is 12.5. The van der Waals surface area contributed by atoms with E-state index in [1.165, 1.54) is 25.1 Å². The Bertz CT molecular complexity index is 964. The van der Waals surface area contributed by atoms with E-state index in [1.807, 2.05) is 0 Å². The molecule has 1 atom stereocenters. The molecule has 1 aliphatic rings. The number of sulfonamides is 1. The first-order valence-electron chi connectivity index (χ1n) is 8.99. The van der Waals surface area contributed by atoms with Crippen molar-refractivity contribution in [2.45, 2.75) is 30.8 Å². The SMILES string of the molecule is CC(=O)c1ccc(NC(=O)c2cccc(S(=O)(=O)NCC3CCCO3)c2)cc1. The summed E-state index contributed by atoms with van der Waals surface area (Å²) >= 11 is 0. The zero-order valence-electron chi connectivity index (χ0n) is 15.5. The fourth-order valence-electron chi connectivity index (χ4n) is 2.89. The third kappa shape index (κ3) is 5.03. The first-order chi connectivity index (χ1) is 13.3. The highest BCUT2D eigenvalue weighted by Gasteiger charge is 2.21. The van der Waals surface area contributed by atoms with Crippen LogP contribution in [0.1, 0.15) is 40.5 Å². The fourth-order valence-corrected chi connectivity index (χ4v) is 4.00. The average molecular weight is 402 g/mol. The number of amides is 1. The van der Waals surface area contributed by atoms with E-state index >= 15 is 0 Å². The summed E-state index contributed by atoms with van der Waals surface area (Å²) in [6, 6.07) is 12.3. The largest absolute Gasteiger partial charge is 0.377 e. The van der Waals surface area contributed by atoms with Crippen LogP contribution in [0.4, 0.5) is 5.69 Å². The molecule has 0 saturated carbocycles. The lowest BCUT2D eigenvalue weighted by atomic mass is 10.1. The summed E-state index contributed by atoms with van der Waals surface area (Å²) in [5.41, 5.74) is 1.28. The lowest BCUT2D eigenvalue weighted by molar-refractivity contribution is 0.101. The molecule has 28 heavy (non-hydrogen) atoms. The molecule has 2 aromatic carbocycles. The number of carbonyl (C=O) groups is 2. The molecule has 2 aromatic rings. The number of nitrogens with one attached hydrogen (secondary N) is 2.